The number of aromatic amines is 1. The fraction of sp³-hybridized carbons (Fsp3) is 0.222. The quantitative estimate of drug-likeness (QED) is 0.617. The molecule has 0 saturated heterocycles. The van der Waals surface area contributed by atoms with E-state index >= 15 is 0 Å². The van der Waals surface area contributed by atoms with Crippen LogP contribution in [0.25, 0.3) is 10.9 Å². The number of aromatic nitrogens is 3. The van der Waals surface area contributed by atoms with Gasteiger partial charge in [-0.2, -0.15) is 0 Å². The molecule has 0 aliphatic rings. The Morgan fingerprint density at radius 1 is 1.15 bits per heavy atom. The number of pyridine rings is 1. The summed E-state index contributed by atoms with van der Waals surface area (Å²) < 4.78 is 0. The van der Waals surface area contributed by atoms with E-state index in [1.807, 2.05) is 6.92 Å². The van der Waals surface area contributed by atoms with Crippen molar-refractivity contribution in [3.8, 4) is 0 Å². The molecule has 3 rings (SSSR count). The zero-order chi connectivity index (χ0) is 19.6. The first-order valence-electron chi connectivity index (χ1n) is 8.19. The van der Waals surface area contributed by atoms with Gasteiger partial charge in [0.2, 0.25) is 0 Å². The monoisotopic (exact) mass is 424 g/mol. The number of nitrogens with zero attached hydrogens (tertiary/aromatic N) is 3. The number of hydrogen-bond donors (Lipinski definition) is 1. The molecule has 0 saturated carbocycles. The Bertz CT molecular complexity index is 1070. The third kappa shape index (κ3) is 4.40. The standard InChI is InChI=1S/C18H15Cl3N4O2/c1-2-7-25(18(27)16-12(20)5-6-14(21)23-16)9-15-22-13-8-10(19)3-4-11(13)17(26)24-15/h3-6,8H,2,7,9H2,1H3,(H,22,24,26). The Balaban J connectivity index is 1.97. The van der Waals surface area contributed by atoms with Crippen molar-refractivity contribution in [1.82, 2.24) is 19.9 Å². The number of fused-ring (bicyclic) bond motifs is 1. The van der Waals surface area contributed by atoms with Crippen LogP contribution in [0.15, 0.2) is 35.1 Å². The van der Waals surface area contributed by atoms with Crippen molar-refractivity contribution in [3.63, 3.8) is 0 Å². The summed E-state index contributed by atoms with van der Waals surface area (Å²) in [5.74, 6) is -0.0482. The number of rotatable bonds is 5. The van der Waals surface area contributed by atoms with Gasteiger partial charge in [-0.3, -0.25) is 9.59 Å². The number of benzene rings is 1. The minimum absolute atomic E-state index is 0.0591. The highest BCUT2D eigenvalue weighted by molar-refractivity contribution is 6.34. The van der Waals surface area contributed by atoms with Gasteiger partial charge in [0.15, 0.2) is 0 Å². The molecule has 1 amide bonds. The van der Waals surface area contributed by atoms with Crippen molar-refractivity contribution in [3.05, 3.63) is 67.4 Å². The van der Waals surface area contributed by atoms with E-state index in [4.69, 9.17) is 34.8 Å². The van der Waals surface area contributed by atoms with Crippen LogP contribution in [0.4, 0.5) is 0 Å². The number of carbonyl (C=O) groups excluding carboxylic acids is 1. The Labute approximate surface area is 170 Å². The Morgan fingerprint density at radius 2 is 1.93 bits per heavy atom. The summed E-state index contributed by atoms with van der Waals surface area (Å²) in [5, 5.41) is 1.28. The molecule has 0 aliphatic heterocycles. The molecule has 1 N–H and O–H groups in total. The van der Waals surface area contributed by atoms with Gasteiger partial charge in [0, 0.05) is 11.6 Å². The van der Waals surface area contributed by atoms with E-state index in [0.717, 1.165) is 0 Å². The molecule has 27 heavy (non-hydrogen) atoms. The van der Waals surface area contributed by atoms with Crippen molar-refractivity contribution in [2.45, 2.75) is 19.9 Å². The van der Waals surface area contributed by atoms with Gasteiger partial charge in [0.25, 0.3) is 11.5 Å². The van der Waals surface area contributed by atoms with E-state index in [-0.39, 0.29) is 28.0 Å². The van der Waals surface area contributed by atoms with Crippen LogP contribution in [0.1, 0.15) is 29.7 Å². The van der Waals surface area contributed by atoms with Gasteiger partial charge in [0.1, 0.15) is 16.7 Å². The third-order valence-corrected chi connectivity index (χ3v) is 4.60. The van der Waals surface area contributed by atoms with Crippen LogP contribution in [0.3, 0.4) is 0 Å². The van der Waals surface area contributed by atoms with E-state index in [2.05, 4.69) is 15.0 Å². The SMILES string of the molecule is CCCN(Cc1nc2cc(Cl)ccc2c(=O)[nH]1)C(=O)c1nc(Cl)ccc1Cl. The molecule has 1 aromatic carbocycles. The number of H-pyrrole nitrogens is 1. The minimum atomic E-state index is -0.391. The van der Waals surface area contributed by atoms with Crippen LogP contribution in [0.2, 0.25) is 15.2 Å². The van der Waals surface area contributed by atoms with Crippen LogP contribution >= 0.6 is 34.8 Å². The van der Waals surface area contributed by atoms with Crippen molar-refractivity contribution in [2.24, 2.45) is 0 Å². The van der Waals surface area contributed by atoms with Crippen molar-refractivity contribution >= 4 is 51.6 Å². The predicted molar refractivity (Wildman–Crippen MR) is 107 cm³/mol. The predicted octanol–water partition coefficient (Wildman–Crippen LogP) is 4.33. The average molecular weight is 426 g/mol. The molecule has 140 valence electrons. The van der Waals surface area contributed by atoms with E-state index in [1.54, 1.807) is 18.2 Å². The highest BCUT2D eigenvalue weighted by atomic mass is 35.5. The second kappa shape index (κ2) is 8.25. The molecule has 0 aliphatic carbocycles. The van der Waals surface area contributed by atoms with Crippen LogP contribution < -0.4 is 5.56 Å². The first kappa shape index (κ1) is 19.6. The highest BCUT2D eigenvalue weighted by Crippen LogP contribution is 2.20. The molecule has 3 aromatic rings. The molecule has 2 heterocycles. The van der Waals surface area contributed by atoms with Gasteiger partial charge in [-0.1, -0.05) is 41.7 Å². The lowest BCUT2D eigenvalue weighted by molar-refractivity contribution is 0.0733. The third-order valence-electron chi connectivity index (χ3n) is 3.85. The van der Waals surface area contributed by atoms with Crippen LogP contribution in [0.5, 0.6) is 0 Å². The maximum absolute atomic E-state index is 12.9. The second-order valence-electron chi connectivity index (χ2n) is 5.87. The van der Waals surface area contributed by atoms with E-state index in [1.165, 1.54) is 17.0 Å². The summed E-state index contributed by atoms with van der Waals surface area (Å²) in [6.07, 6.45) is 0.702. The number of hydrogen-bond acceptors (Lipinski definition) is 4. The van der Waals surface area contributed by atoms with Crippen molar-refractivity contribution in [2.75, 3.05) is 6.54 Å². The zero-order valence-corrected chi connectivity index (χ0v) is 16.6. The molecule has 9 heteroatoms. The molecule has 0 fully saturated rings. The number of halogens is 3. The molecule has 0 bridgehead atoms. The first-order chi connectivity index (χ1) is 12.9. The lowest BCUT2D eigenvalue weighted by Gasteiger charge is -2.21. The summed E-state index contributed by atoms with van der Waals surface area (Å²) in [5.41, 5.74) is 0.224. The molecule has 0 atom stereocenters. The lowest BCUT2D eigenvalue weighted by atomic mass is 10.2. The van der Waals surface area contributed by atoms with Crippen LogP contribution in [0, 0.1) is 0 Å². The largest absolute Gasteiger partial charge is 0.330 e. The molecule has 6 nitrogen and oxygen atoms in total. The summed E-state index contributed by atoms with van der Waals surface area (Å²) in [6.45, 7) is 2.46. The zero-order valence-electron chi connectivity index (χ0n) is 14.3. The van der Waals surface area contributed by atoms with Gasteiger partial charge >= 0.3 is 0 Å². The number of amides is 1. The number of carbonyl (C=O) groups is 1. The Hall–Kier alpha value is -2.15. The fourth-order valence-electron chi connectivity index (χ4n) is 2.66. The fourth-order valence-corrected chi connectivity index (χ4v) is 3.16. The minimum Gasteiger partial charge on any atom is -0.330 e. The second-order valence-corrected chi connectivity index (χ2v) is 7.10. The van der Waals surface area contributed by atoms with Gasteiger partial charge in [-0.05, 0) is 36.8 Å². The van der Waals surface area contributed by atoms with Crippen molar-refractivity contribution in [1.29, 1.82) is 0 Å². The lowest BCUT2D eigenvalue weighted by Crippen LogP contribution is -2.33. The van der Waals surface area contributed by atoms with Gasteiger partial charge in [-0.25, -0.2) is 9.97 Å². The molecule has 0 unspecified atom stereocenters. The van der Waals surface area contributed by atoms with Crippen molar-refractivity contribution < 1.29 is 4.79 Å². The maximum atomic E-state index is 12.9. The molecule has 2 aromatic heterocycles. The highest BCUT2D eigenvalue weighted by Gasteiger charge is 2.21. The van der Waals surface area contributed by atoms with Crippen LogP contribution in [-0.2, 0) is 6.54 Å². The Morgan fingerprint density at radius 3 is 2.67 bits per heavy atom. The van der Waals surface area contributed by atoms with Gasteiger partial charge in [0.05, 0.1) is 22.5 Å². The topological polar surface area (TPSA) is 79.0 Å². The summed E-state index contributed by atoms with van der Waals surface area (Å²) in [7, 11) is 0. The van der Waals surface area contributed by atoms with E-state index in [9.17, 15) is 9.59 Å². The normalized spacial score (nSPS) is 11.0. The maximum Gasteiger partial charge on any atom is 0.274 e. The van der Waals surface area contributed by atoms with Gasteiger partial charge < -0.3 is 9.88 Å². The average Bonchev–Trinajstić information content (AvgIpc) is 2.62. The summed E-state index contributed by atoms with van der Waals surface area (Å²) >= 11 is 18.0. The number of nitrogens with one attached hydrogen (secondary N) is 1. The van der Waals surface area contributed by atoms with Gasteiger partial charge in [-0.15, -0.1) is 0 Å². The molecule has 0 spiro atoms. The first-order valence-corrected chi connectivity index (χ1v) is 9.32. The Kier molecular flexibility index (Phi) is 5.99. The molecular formula is C18H15Cl3N4O2. The molecular weight excluding hydrogens is 411 g/mol. The van der Waals surface area contributed by atoms with E-state index < -0.39 is 5.91 Å². The van der Waals surface area contributed by atoms with Crippen LogP contribution in [-0.4, -0.2) is 32.3 Å². The summed E-state index contributed by atoms with van der Waals surface area (Å²) in [4.78, 5) is 37.9. The van der Waals surface area contributed by atoms with E-state index in [0.29, 0.717) is 34.7 Å². The molecule has 0 radical (unpaired) electrons. The smallest absolute Gasteiger partial charge is 0.274 e. The summed E-state index contributed by atoms with van der Waals surface area (Å²) in [6, 6.07) is 7.87.